The molecule has 6 nitrogen and oxygen atoms in total. The van der Waals surface area contributed by atoms with E-state index in [1.54, 1.807) is 12.0 Å². The Kier molecular flexibility index (Phi) is 6.45. The molecule has 0 atom stereocenters. The fourth-order valence-electron chi connectivity index (χ4n) is 2.40. The van der Waals surface area contributed by atoms with E-state index in [1.807, 2.05) is 30.3 Å². The highest BCUT2D eigenvalue weighted by Crippen LogP contribution is 2.12. The van der Waals surface area contributed by atoms with Gasteiger partial charge < -0.3 is 20.3 Å². The summed E-state index contributed by atoms with van der Waals surface area (Å²) >= 11 is 0. The van der Waals surface area contributed by atoms with E-state index in [9.17, 15) is 10.1 Å². The largest absolute Gasteiger partial charge is 0.497 e. The van der Waals surface area contributed by atoms with Crippen LogP contribution in [0, 0.1) is 11.3 Å². The molecular formula is C17H22N4O2. The van der Waals surface area contributed by atoms with Gasteiger partial charge in [0.05, 0.1) is 7.11 Å². The zero-order valence-corrected chi connectivity index (χ0v) is 13.3. The van der Waals surface area contributed by atoms with Gasteiger partial charge in [0.15, 0.2) is 0 Å². The maximum atomic E-state index is 12.2. The number of hydrogen-bond donors (Lipinski definition) is 2. The summed E-state index contributed by atoms with van der Waals surface area (Å²) in [6.45, 7) is 3.47. The fraction of sp³-hybridized carbons (Fsp3) is 0.412. The Labute approximate surface area is 136 Å². The van der Waals surface area contributed by atoms with Crippen LogP contribution in [0.5, 0.6) is 5.75 Å². The van der Waals surface area contributed by atoms with Gasteiger partial charge in [-0.3, -0.25) is 4.79 Å². The van der Waals surface area contributed by atoms with E-state index in [-0.39, 0.29) is 11.5 Å². The molecule has 2 rings (SSSR count). The lowest BCUT2D eigenvalue weighted by molar-refractivity contribution is -0.127. The van der Waals surface area contributed by atoms with Gasteiger partial charge in [-0.1, -0.05) is 12.1 Å². The van der Waals surface area contributed by atoms with Crippen LogP contribution >= 0.6 is 0 Å². The van der Waals surface area contributed by atoms with Gasteiger partial charge >= 0.3 is 0 Å². The Morgan fingerprint density at radius 3 is 2.96 bits per heavy atom. The van der Waals surface area contributed by atoms with Crippen LogP contribution in [0.1, 0.15) is 5.56 Å². The molecule has 0 saturated carbocycles. The predicted octanol–water partition coefficient (Wildman–Crippen LogP) is 0.667. The second-order valence-electron chi connectivity index (χ2n) is 5.27. The molecule has 1 aliphatic rings. The summed E-state index contributed by atoms with van der Waals surface area (Å²) in [5, 5.41) is 15.4. The average Bonchev–Trinajstić information content (AvgIpc) is 2.62. The van der Waals surface area contributed by atoms with Crippen molar-refractivity contribution in [2.24, 2.45) is 0 Å². The molecule has 0 unspecified atom stereocenters. The second kappa shape index (κ2) is 8.81. The van der Waals surface area contributed by atoms with Gasteiger partial charge in [-0.25, -0.2) is 0 Å². The van der Waals surface area contributed by atoms with E-state index in [0.717, 1.165) is 30.8 Å². The molecule has 0 aliphatic carbocycles. The van der Waals surface area contributed by atoms with Gasteiger partial charge in [0.1, 0.15) is 17.4 Å². The quantitative estimate of drug-likeness (QED) is 0.458. The zero-order valence-electron chi connectivity index (χ0n) is 13.3. The number of amides is 1. The first-order valence-corrected chi connectivity index (χ1v) is 7.71. The van der Waals surface area contributed by atoms with E-state index >= 15 is 0 Å². The van der Waals surface area contributed by atoms with Crippen molar-refractivity contribution in [3.8, 4) is 11.8 Å². The first-order valence-electron chi connectivity index (χ1n) is 7.71. The maximum absolute atomic E-state index is 12.2. The number of benzene rings is 1. The molecule has 1 aromatic carbocycles. The standard InChI is InChI=1S/C17H22N4O2/c1-23-16-4-2-3-14(11-16)5-6-20-13-15(12-18)17(22)21-9-7-19-8-10-21/h2-4,11,13,19-20H,5-10H2,1H3/b15-13-. The first-order chi connectivity index (χ1) is 11.2. The summed E-state index contributed by atoms with van der Waals surface area (Å²) in [4.78, 5) is 13.9. The monoisotopic (exact) mass is 314 g/mol. The molecule has 1 amide bonds. The topological polar surface area (TPSA) is 77.4 Å². The number of nitrogens with one attached hydrogen (secondary N) is 2. The van der Waals surface area contributed by atoms with Crippen molar-refractivity contribution in [2.45, 2.75) is 6.42 Å². The molecule has 1 saturated heterocycles. The molecule has 0 radical (unpaired) electrons. The van der Waals surface area contributed by atoms with Crippen LogP contribution < -0.4 is 15.4 Å². The van der Waals surface area contributed by atoms with Gasteiger partial charge in [-0.05, 0) is 24.1 Å². The Morgan fingerprint density at radius 2 is 2.26 bits per heavy atom. The van der Waals surface area contributed by atoms with Crippen LogP contribution in [0.4, 0.5) is 0 Å². The Balaban J connectivity index is 1.84. The summed E-state index contributed by atoms with van der Waals surface area (Å²) < 4.78 is 5.18. The van der Waals surface area contributed by atoms with Crippen molar-refractivity contribution in [1.29, 1.82) is 5.26 Å². The maximum Gasteiger partial charge on any atom is 0.266 e. The van der Waals surface area contributed by atoms with Gasteiger partial charge in [0.2, 0.25) is 0 Å². The van der Waals surface area contributed by atoms with Crippen LogP contribution in [0.2, 0.25) is 0 Å². The van der Waals surface area contributed by atoms with Crippen LogP contribution in [-0.2, 0) is 11.2 Å². The average molecular weight is 314 g/mol. The van der Waals surface area contributed by atoms with E-state index in [0.29, 0.717) is 19.6 Å². The van der Waals surface area contributed by atoms with Crippen molar-refractivity contribution < 1.29 is 9.53 Å². The molecule has 122 valence electrons. The number of hydrogen-bond acceptors (Lipinski definition) is 5. The molecule has 1 heterocycles. The molecule has 0 aromatic heterocycles. The summed E-state index contributed by atoms with van der Waals surface area (Å²) in [7, 11) is 1.64. The molecule has 1 fully saturated rings. The van der Waals surface area contributed by atoms with Crippen molar-refractivity contribution >= 4 is 5.91 Å². The second-order valence-corrected chi connectivity index (χ2v) is 5.27. The van der Waals surface area contributed by atoms with E-state index in [1.165, 1.54) is 6.20 Å². The number of piperazine rings is 1. The molecule has 6 heteroatoms. The Hall–Kier alpha value is -2.52. The Morgan fingerprint density at radius 1 is 1.48 bits per heavy atom. The highest BCUT2D eigenvalue weighted by Gasteiger charge is 2.19. The number of nitriles is 1. The number of carbonyl (C=O) groups is 1. The van der Waals surface area contributed by atoms with Crippen molar-refractivity contribution in [1.82, 2.24) is 15.5 Å². The number of methoxy groups -OCH3 is 1. The molecule has 1 aromatic rings. The number of rotatable bonds is 6. The zero-order chi connectivity index (χ0) is 16.5. The lowest BCUT2D eigenvalue weighted by Gasteiger charge is -2.27. The first kappa shape index (κ1) is 16.8. The molecule has 0 spiro atoms. The van der Waals surface area contributed by atoms with Crippen LogP contribution in [-0.4, -0.2) is 50.6 Å². The van der Waals surface area contributed by atoms with Gasteiger partial charge in [-0.2, -0.15) is 5.26 Å². The molecule has 23 heavy (non-hydrogen) atoms. The molecule has 0 bridgehead atoms. The van der Waals surface area contributed by atoms with E-state index < -0.39 is 0 Å². The fourth-order valence-corrected chi connectivity index (χ4v) is 2.40. The predicted molar refractivity (Wildman–Crippen MR) is 87.8 cm³/mol. The summed E-state index contributed by atoms with van der Waals surface area (Å²) in [5.74, 6) is 0.618. The summed E-state index contributed by atoms with van der Waals surface area (Å²) in [6.07, 6.45) is 2.30. The number of carbonyl (C=O) groups excluding carboxylic acids is 1. The van der Waals surface area contributed by atoms with Crippen LogP contribution in [0.15, 0.2) is 36.0 Å². The van der Waals surface area contributed by atoms with Crippen molar-refractivity contribution in [2.75, 3.05) is 39.8 Å². The third-order valence-corrected chi connectivity index (χ3v) is 3.69. The van der Waals surface area contributed by atoms with Gasteiger partial charge in [-0.15, -0.1) is 0 Å². The Bertz CT molecular complexity index is 601. The third kappa shape index (κ3) is 5.01. The van der Waals surface area contributed by atoms with Gasteiger partial charge in [0, 0.05) is 38.9 Å². The summed E-state index contributed by atoms with van der Waals surface area (Å²) in [5.41, 5.74) is 1.29. The normalized spacial score (nSPS) is 15.0. The van der Waals surface area contributed by atoms with Crippen LogP contribution in [0.25, 0.3) is 0 Å². The molecule has 1 aliphatic heterocycles. The minimum atomic E-state index is -0.206. The van der Waals surface area contributed by atoms with Crippen LogP contribution in [0.3, 0.4) is 0 Å². The van der Waals surface area contributed by atoms with Crippen molar-refractivity contribution in [3.05, 3.63) is 41.6 Å². The lowest BCUT2D eigenvalue weighted by Crippen LogP contribution is -2.46. The van der Waals surface area contributed by atoms with E-state index in [4.69, 9.17) is 4.74 Å². The van der Waals surface area contributed by atoms with E-state index in [2.05, 4.69) is 10.6 Å². The smallest absolute Gasteiger partial charge is 0.266 e. The minimum absolute atomic E-state index is 0.151. The number of ether oxygens (including phenoxy) is 1. The summed E-state index contributed by atoms with van der Waals surface area (Å²) in [6, 6.07) is 9.82. The third-order valence-electron chi connectivity index (χ3n) is 3.69. The lowest BCUT2D eigenvalue weighted by atomic mass is 10.1. The number of nitrogens with zero attached hydrogens (tertiary/aromatic N) is 2. The SMILES string of the molecule is COc1cccc(CCN/C=C(/C#N)C(=O)N2CCNCC2)c1. The minimum Gasteiger partial charge on any atom is -0.497 e. The van der Waals surface area contributed by atoms with Crippen molar-refractivity contribution in [3.63, 3.8) is 0 Å². The highest BCUT2D eigenvalue weighted by molar-refractivity contribution is 5.97. The molecule has 2 N–H and O–H groups in total. The highest BCUT2D eigenvalue weighted by atomic mass is 16.5. The molecular weight excluding hydrogens is 292 g/mol. The van der Waals surface area contributed by atoms with Gasteiger partial charge in [0.25, 0.3) is 5.91 Å².